The van der Waals surface area contributed by atoms with Gasteiger partial charge in [-0.1, -0.05) is 6.92 Å². The standard InChI is InChI=1S/C14H20BrNO4S/c1-3-20-6-4-5-16(8-10(2)14(18)19)13(17)12-7-11(15)9-21-12/h7,9-10H,3-6,8H2,1-2H3,(H,18,19). The third-order valence-electron chi connectivity index (χ3n) is 2.90. The zero-order valence-corrected chi connectivity index (χ0v) is 14.6. The number of hydrogen-bond acceptors (Lipinski definition) is 4. The third-order valence-corrected chi connectivity index (χ3v) is 4.58. The molecule has 1 heterocycles. The Morgan fingerprint density at radius 1 is 1.52 bits per heavy atom. The van der Waals surface area contributed by atoms with Crippen molar-refractivity contribution in [2.24, 2.45) is 5.92 Å². The van der Waals surface area contributed by atoms with Crippen LogP contribution in [-0.2, 0) is 9.53 Å². The van der Waals surface area contributed by atoms with Gasteiger partial charge in [-0.15, -0.1) is 11.3 Å². The molecule has 1 unspecified atom stereocenters. The lowest BCUT2D eigenvalue weighted by Crippen LogP contribution is -2.37. The van der Waals surface area contributed by atoms with Crippen LogP contribution in [0, 0.1) is 5.92 Å². The molecule has 0 radical (unpaired) electrons. The smallest absolute Gasteiger partial charge is 0.308 e. The Labute approximate surface area is 137 Å². The van der Waals surface area contributed by atoms with E-state index in [4.69, 9.17) is 9.84 Å². The van der Waals surface area contributed by atoms with Gasteiger partial charge in [0.2, 0.25) is 0 Å². The van der Waals surface area contributed by atoms with E-state index in [9.17, 15) is 9.59 Å². The van der Waals surface area contributed by atoms with E-state index in [-0.39, 0.29) is 12.5 Å². The van der Waals surface area contributed by atoms with E-state index < -0.39 is 11.9 Å². The van der Waals surface area contributed by atoms with Crippen molar-refractivity contribution in [3.63, 3.8) is 0 Å². The summed E-state index contributed by atoms with van der Waals surface area (Å²) in [6.45, 7) is 5.42. The maximum atomic E-state index is 12.5. The van der Waals surface area contributed by atoms with Crippen molar-refractivity contribution >= 4 is 39.1 Å². The van der Waals surface area contributed by atoms with Crippen LogP contribution in [0.15, 0.2) is 15.9 Å². The number of nitrogens with zero attached hydrogens (tertiary/aromatic N) is 1. The van der Waals surface area contributed by atoms with Crippen molar-refractivity contribution in [2.75, 3.05) is 26.3 Å². The lowest BCUT2D eigenvalue weighted by atomic mass is 10.1. The minimum absolute atomic E-state index is 0.129. The highest BCUT2D eigenvalue weighted by molar-refractivity contribution is 9.10. The largest absolute Gasteiger partial charge is 0.481 e. The summed E-state index contributed by atoms with van der Waals surface area (Å²) in [5, 5.41) is 10.9. The molecule has 0 bridgehead atoms. The summed E-state index contributed by atoms with van der Waals surface area (Å²) >= 11 is 4.67. The van der Waals surface area contributed by atoms with E-state index in [0.29, 0.717) is 31.1 Å². The number of ether oxygens (including phenoxy) is 1. The Kier molecular flexibility index (Phi) is 7.92. The van der Waals surface area contributed by atoms with Crippen molar-refractivity contribution in [3.8, 4) is 0 Å². The van der Waals surface area contributed by atoms with Gasteiger partial charge in [-0.25, -0.2) is 0 Å². The molecular weight excluding hydrogens is 358 g/mol. The van der Waals surface area contributed by atoms with Gasteiger partial charge >= 0.3 is 5.97 Å². The Morgan fingerprint density at radius 2 is 2.24 bits per heavy atom. The predicted octanol–water partition coefficient (Wildman–Crippen LogP) is 3.10. The minimum atomic E-state index is -0.898. The van der Waals surface area contributed by atoms with Gasteiger partial charge in [-0.2, -0.15) is 0 Å². The first-order valence-electron chi connectivity index (χ1n) is 6.79. The molecule has 1 aromatic rings. The molecule has 0 aliphatic heterocycles. The summed E-state index contributed by atoms with van der Waals surface area (Å²) < 4.78 is 6.12. The molecule has 118 valence electrons. The number of amides is 1. The van der Waals surface area contributed by atoms with Gasteiger partial charge in [0, 0.05) is 36.2 Å². The van der Waals surface area contributed by atoms with Gasteiger partial charge in [0.15, 0.2) is 0 Å². The SMILES string of the molecule is CCOCCCN(CC(C)C(=O)O)C(=O)c1cc(Br)cs1. The molecule has 0 aromatic carbocycles. The topological polar surface area (TPSA) is 66.8 Å². The summed E-state index contributed by atoms with van der Waals surface area (Å²) in [7, 11) is 0. The fourth-order valence-corrected chi connectivity index (χ4v) is 3.16. The first kappa shape index (κ1) is 18.1. The molecule has 0 aliphatic rings. The summed E-state index contributed by atoms with van der Waals surface area (Å²) in [6, 6.07) is 1.76. The fraction of sp³-hybridized carbons (Fsp3) is 0.571. The Bertz CT molecular complexity index is 477. The average Bonchev–Trinajstić information content (AvgIpc) is 2.87. The summed E-state index contributed by atoms with van der Waals surface area (Å²) in [4.78, 5) is 25.7. The highest BCUT2D eigenvalue weighted by Crippen LogP contribution is 2.21. The molecular formula is C14H20BrNO4S. The zero-order valence-electron chi connectivity index (χ0n) is 12.2. The number of carbonyl (C=O) groups excluding carboxylic acids is 1. The van der Waals surface area contributed by atoms with E-state index in [1.54, 1.807) is 17.9 Å². The van der Waals surface area contributed by atoms with Gasteiger partial charge in [-0.3, -0.25) is 9.59 Å². The molecule has 0 saturated carbocycles. The van der Waals surface area contributed by atoms with Gasteiger partial charge in [0.25, 0.3) is 5.91 Å². The van der Waals surface area contributed by atoms with E-state index in [0.717, 1.165) is 4.47 Å². The van der Waals surface area contributed by atoms with Gasteiger partial charge in [-0.05, 0) is 35.3 Å². The lowest BCUT2D eigenvalue weighted by Gasteiger charge is -2.24. The summed E-state index contributed by atoms with van der Waals surface area (Å²) in [5.41, 5.74) is 0. The summed E-state index contributed by atoms with van der Waals surface area (Å²) in [5.74, 6) is -1.62. The second-order valence-corrected chi connectivity index (χ2v) is 6.50. The van der Waals surface area contributed by atoms with Crippen LogP contribution in [-0.4, -0.2) is 48.2 Å². The van der Waals surface area contributed by atoms with E-state index in [2.05, 4.69) is 15.9 Å². The zero-order chi connectivity index (χ0) is 15.8. The number of carbonyl (C=O) groups is 2. The fourth-order valence-electron chi connectivity index (χ4n) is 1.77. The van der Waals surface area contributed by atoms with Crippen LogP contribution in [0.25, 0.3) is 0 Å². The molecule has 5 nitrogen and oxygen atoms in total. The number of carboxylic acids is 1. The molecule has 1 rings (SSSR count). The number of hydrogen-bond donors (Lipinski definition) is 1. The average molecular weight is 378 g/mol. The van der Waals surface area contributed by atoms with Gasteiger partial charge in [0.05, 0.1) is 10.8 Å². The summed E-state index contributed by atoms with van der Waals surface area (Å²) in [6.07, 6.45) is 0.693. The first-order chi connectivity index (χ1) is 9.95. The number of thiophene rings is 1. The van der Waals surface area contributed by atoms with Crippen molar-refractivity contribution < 1.29 is 19.4 Å². The molecule has 0 aliphatic carbocycles. The molecule has 1 N–H and O–H groups in total. The molecule has 1 aromatic heterocycles. The van der Waals surface area contributed by atoms with Crippen molar-refractivity contribution in [3.05, 3.63) is 20.8 Å². The quantitative estimate of drug-likeness (QED) is 0.671. The van der Waals surface area contributed by atoms with Crippen molar-refractivity contribution in [2.45, 2.75) is 20.3 Å². The number of halogens is 1. The van der Waals surface area contributed by atoms with E-state index >= 15 is 0 Å². The molecule has 21 heavy (non-hydrogen) atoms. The number of aliphatic carboxylic acids is 1. The highest BCUT2D eigenvalue weighted by Gasteiger charge is 2.22. The second kappa shape index (κ2) is 9.17. The van der Waals surface area contributed by atoms with Crippen LogP contribution < -0.4 is 0 Å². The molecule has 0 spiro atoms. The van der Waals surface area contributed by atoms with E-state index in [1.165, 1.54) is 11.3 Å². The number of rotatable bonds is 9. The van der Waals surface area contributed by atoms with E-state index in [1.807, 2.05) is 12.3 Å². The number of carboxylic acid groups (broad SMARTS) is 1. The highest BCUT2D eigenvalue weighted by atomic mass is 79.9. The Balaban J connectivity index is 2.70. The first-order valence-corrected chi connectivity index (χ1v) is 8.46. The normalized spacial score (nSPS) is 12.1. The molecule has 7 heteroatoms. The van der Waals surface area contributed by atoms with Crippen molar-refractivity contribution in [1.82, 2.24) is 4.90 Å². The van der Waals surface area contributed by atoms with Crippen LogP contribution >= 0.6 is 27.3 Å². The van der Waals surface area contributed by atoms with Crippen LogP contribution in [0.5, 0.6) is 0 Å². The van der Waals surface area contributed by atoms with Crippen LogP contribution in [0.2, 0.25) is 0 Å². The monoisotopic (exact) mass is 377 g/mol. The van der Waals surface area contributed by atoms with Crippen LogP contribution in [0.3, 0.4) is 0 Å². The Morgan fingerprint density at radius 3 is 2.76 bits per heavy atom. The maximum absolute atomic E-state index is 12.5. The molecule has 0 saturated heterocycles. The predicted molar refractivity (Wildman–Crippen MR) is 85.8 cm³/mol. The lowest BCUT2D eigenvalue weighted by molar-refractivity contribution is -0.141. The van der Waals surface area contributed by atoms with Crippen LogP contribution in [0.4, 0.5) is 0 Å². The van der Waals surface area contributed by atoms with Crippen LogP contribution in [0.1, 0.15) is 29.9 Å². The molecule has 1 atom stereocenters. The van der Waals surface area contributed by atoms with Gasteiger partial charge < -0.3 is 14.7 Å². The second-order valence-electron chi connectivity index (χ2n) is 4.67. The Hall–Kier alpha value is -0.920. The van der Waals surface area contributed by atoms with Gasteiger partial charge in [0.1, 0.15) is 0 Å². The maximum Gasteiger partial charge on any atom is 0.308 e. The molecule has 1 amide bonds. The third kappa shape index (κ3) is 6.15. The minimum Gasteiger partial charge on any atom is -0.481 e. The molecule has 0 fully saturated rings. The van der Waals surface area contributed by atoms with Crippen molar-refractivity contribution in [1.29, 1.82) is 0 Å².